The predicted molar refractivity (Wildman–Crippen MR) is 123 cm³/mol. The molecule has 0 bridgehead atoms. The number of nitrogens with one attached hydrogen (secondary N) is 4. The Labute approximate surface area is 174 Å². The minimum atomic E-state index is -0.0540. The van der Waals surface area contributed by atoms with Crippen molar-refractivity contribution >= 4 is 17.1 Å². The van der Waals surface area contributed by atoms with Gasteiger partial charge in [0.15, 0.2) is 0 Å². The largest absolute Gasteiger partial charge is 0.388 e. The van der Waals surface area contributed by atoms with Gasteiger partial charge < -0.3 is 21.3 Å². The lowest BCUT2D eigenvalue weighted by Gasteiger charge is -2.28. The zero-order valence-corrected chi connectivity index (χ0v) is 17.3. The molecule has 1 aliphatic heterocycles. The fraction of sp³-hybridized carbons (Fsp3) is 0.292. The van der Waals surface area contributed by atoms with E-state index in [1.807, 2.05) is 24.4 Å². The van der Waals surface area contributed by atoms with Crippen molar-refractivity contribution in [3.05, 3.63) is 84.5 Å². The van der Waals surface area contributed by atoms with Crippen molar-refractivity contribution < 1.29 is 0 Å². The number of benzene rings is 1. The van der Waals surface area contributed by atoms with Gasteiger partial charge >= 0.3 is 0 Å². The molecule has 4 N–H and O–H groups in total. The van der Waals surface area contributed by atoms with Crippen LogP contribution < -0.4 is 21.3 Å². The van der Waals surface area contributed by atoms with Crippen LogP contribution in [0.25, 0.3) is 5.70 Å². The summed E-state index contributed by atoms with van der Waals surface area (Å²) in [6.07, 6.45) is 11.0. The van der Waals surface area contributed by atoms with E-state index in [0.717, 1.165) is 54.1 Å². The van der Waals surface area contributed by atoms with E-state index in [0.29, 0.717) is 0 Å². The number of aromatic nitrogens is 1. The first-order valence-electron chi connectivity index (χ1n) is 10.3. The smallest absolute Gasteiger partial charge is 0.118 e. The van der Waals surface area contributed by atoms with Gasteiger partial charge in [0.1, 0.15) is 6.17 Å². The van der Waals surface area contributed by atoms with Crippen molar-refractivity contribution in [2.75, 3.05) is 17.2 Å². The molecular weight excluding hydrogens is 358 g/mol. The number of hydrogen-bond donors (Lipinski definition) is 4. The Morgan fingerprint density at radius 1 is 1.17 bits per heavy atom. The van der Waals surface area contributed by atoms with Crippen LogP contribution in [0.15, 0.2) is 78.9 Å². The van der Waals surface area contributed by atoms with E-state index in [9.17, 15) is 0 Å². The predicted octanol–water partition coefficient (Wildman–Crippen LogP) is 5.07. The SMILES string of the molecule is C=C(/C=C(/CCC)NCCC)NC1=CC(Nc2cccnc2)Nc2ccccc21. The lowest BCUT2D eigenvalue weighted by Crippen LogP contribution is -2.32. The van der Waals surface area contributed by atoms with Gasteiger partial charge in [0.2, 0.25) is 0 Å². The molecule has 0 spiro atoms. The molecule has 3 rings (SSSR count). The Hall–Kier alpha value is -3.21. The molecule has 2 heterocycles. The third-order valence-electron chi connectivity index (χ3n) is 4.61. The number of allylic oxidation sites excluding steroid dienone is 2. The van der Waals surface area contributed by atoms with Crippen molar-refractivity contribution in [2.45, 2.75) is 39.3 Å². The summed E-state index contributed by atoms with van der Waals surface area (Å²) in [7, 11) is 0. The topological polar surface area (TPSA) is 61.0 Å². The lowest BCUT2D eigenvalue weighted by atomic mass is 10.0. The molecule has 1 aromatic heterocycles. The maximum absolute atomic E-state index is 4.24. The third-order valence-corrected chi connectivity index (χ3v) is 4.61. The first-order valence-corrected chi connectivity index (χ1v) is 10.3. The highest BCUT2D eigenvalue weighted by atomic mass is 15.1. The molecule has 29 heavy (non-hydrogen) atoms. The maximum atomic E-state index is 4.24. The molecule has 2 aromatic rings. The van der Waals surface area contributed by atoms with Crippen molar-refractivity contribution in [1.82, 2.24) is 15.6 Å². The van der Waals surface area contributed by atoms with Gasteiger partial charge in [-0.2, -0.15) is 0 Å². The molecule has 0 saturated heterocycles. The summed E-state index contributed by atoms with van der Waals surface area (Å²) < 4.78 is 0. The standard InChI is InChI=1S/C24H31N5/c1-4-9-19(26-13-5-2)15-18(3)27-23-16-24(28-20-10-8-14-25-17-20)29-22-12-7-6-11-21(22)23/h6-8,10-12,14-17,24,26-29H,3-5,9,13H2,1-2H3/b19-15-. The second-order valence-electron chi connectivity index (χ2n) is 7.13. The number of rotatable bonds is 10. The number of para-hydroxylation sites is 1. The van der Waals surface area contributed by atoms with E-state index < -0.39 is 0 Å². The molecule has 0 fully saturated rings. The van der Waals surface area contributed by atoms with Crippen molar-refractivity contribution in [2.24, 2.45) is 0 Å². The molecule has 1 atom stereocenters. The first kappa shape index (κ1) is 20.5. The Morgan fingerprint density at radius 3 is 2.79 bits per heavy atom. The van der Waals surface area contributed by atoms with Crippen LogP contribution in [-0.4, -0.2) is 17.7 Å². The molecule has 0 aliphatic carbocycles. The molecule has 1 aliphatic rings. The summed E-state index contributed by atoms with van der Waals surface area (Å²) >= 11 is 0. The highest BCUT2D eigenvalue weighted by Crippen LogP contribution is 2.29. The van der Waals surface area contributed by atoms with Crippen LogP contribution in [-0.2, 0) is 0 Å². The van der Waals surface area contributed by atoms with Gasteiger partial charge in [-0.3, -0.25) is 4.98 Å². The number of nitrogens with zero attached hydrogens (tertiary/aromatic N) is 1. The van der Waals surface area contributed by atoms with E-state index in [1.165, 1.54) is 5.70 Å². The normalized spacial score (nSPS) is 15.6. The summed E-state index contributed by atoms with van der Waals surface area (Å²) in [5.41, 5.74) is 6.30. The molecule has 5 heteroatoms. The van der Waals surface area contributed by atoms with Crippen LogP contribution in [0.4, 0.5) is 11.4 Å². The van der Waals surface area contributed by atoms with E-state index in [4.69, 9.17) is 0 Å². The lowest BCUT2D eigenvalue weighted by molar-refractivity contribution is 0.714. The summed E-state index contributed by atoms with van der Waals surface area (Å²) in [5.74, 6) is 0. The number of fused-ring (bicyclic) bond motifs is 1. The molecule has 0 radical (unpaired) electrons. The molecule has 0 saturated carbocycles. The monoisotopic (exact) mass is 389 g/mol. The van der Waals surface area contributed by atoms with Crippen LogP contribution >= 0.6 is 0 Å². The maximum Gasteiger partial charge on any atom is 0.118 e. The Bertz CT molecular complexity index is 870. The van der Waals surface area contributed by atoms with E-state index in [1.54, 1.807) is 6.20 Å². The van der Waals surface area contributed by atoms with Gasteiger partial charge in [0.25, 0.3) is 0 Å². The third kappa shape index (κ3) is 5.88. The van der Waals surface area contributed by atoms with Gasteiger partial charge in [0.05, 0.1) is 5.69 Å². The van der Waals surface area contributed by atoms with Gasteiger partial charge in [0, 0.05) is 47.3 Å². The highest BCUT2D eigenvalue weighted by Gasteiger charge is 2.18. The van der Waals surface area contributed by atoms with Crippen LogP contribution in [0.1, 0.15) is 38.7 Å². The second-order valence-corrected chi connectivity index (χ2v) is 7.13. The molecule has 152 valence electrons. The first-order chi connectivity index (χ1) is 14.2. The zero-order valence-electron chi connectivity index (χ0n) is 17.3. The number of anilines is 2. The average Bonchev–Trinajstić information content (AvgIpc) is 2.73. The van der Waals surface area contributed by atoms with E-state index in [2.05, 4.69) is 77.0 Å². The minimum absolute atomic E-state index is 0.0540. The van der Waals surface area contributed by atoms with E-state index >= 15 is 0 Å². The summed E-state index contributed by atoms with van der Waals surface area (Å²) in [5, 5.41) is 14.0. The number of pyridine rings is 1. The van der Waals surface area contributed by atoms with Crippen LogP contribution in [0.2, 0.25) is 0 Å². The molecule has 0 amide bonds. The van der Waals surface area contributed by atoms with Gasteiger partial charge in [-0.25, -0.2) is 0 Å². The molecular formula is C24H31N5. The summed E-state index contributed by atoms with van der Waals surface area (Å²) in [6, 6.07) is 12.2. The number of hydrogen-bond acceptors (Lipinski definition) is 5. The summed E-state index contributed by atoms with van der Waals surface area (Å²) in [6.45, 7) is 9.59. The van der Waals surface area contributed by atoms with Crippen LogP contribution in [0, 0.1) is 0 Å². The van der Waals surface area contributed by atoms with Crippen molar-refractivity contribution in [3.63, 3.8) is 0 Å². The Kier molecular flexibility index (Phi) is 7.34. The second kappa shape index (κ2) is 10.4. The fourth-order valence-corrected chi connectivity index (χ4v) is 3.31. The Balaban J connectivity index is 1.79. The Morgan fingerprint density at radius 2 is 2.03 bits per heavy atom. The van der Waals surface area contributed by atoms with Gasteiger partial charge in [-0.1, -0.05) is 45.0 Å². The minimum Gasteiger partial charge on any atom is -0.388 e. The zero-order chi connectivity index (χ0) is 20.5. The quantitative estimate of drug-likeness (QED) is 0.427. The van der Waals surface area contributed by atoms with Crippen LogP contribution in [0.5, 0.6) is 0 Å². The molecule has 1 aromatic carbocycles. The van der Waals surface area contributed by atoms with Gasteiger partial charge in [-0.15, -0.1) is 0 Å². The molecule has 1 unspecified atom stereocenters. The summed E-state index contributed by atoms with van der Waals surface area (Å²) in [4.78, 5) is 4.18. The van der Waals surface area contributed by atoms with Crippen molar-refractivity contribution in [1.29, 1.82) is 0 Å². The van der Waals surface area contributed by atoms with Gasteiger partial charge in [-0.05, 0) is 43.2 Å². The van der Waals surface area contributed by atoms with Crippen LogP contribution in [0.3, 0.4) is 0 Å². The van der Waals surface area contributed by atoms with Crippen molar-refractivity contribution in [3.8, 4) is 0 Å². The highest BCUT2D eigenvalue weighted by molar-refractivity contribution is 5.80. The molecule has 5 nitrogen and oxygen atoms in total. The average molecular weight is 390 g/mol. The fourth-order valence-electron chi connectivity index (χ4n) is 3.31. The van der Waals surface area contributed by atoms with E-state index in [-0.39, 0.29) is 6.17 Å².